The summed E-state index contributed by atoms with van der Waals surface area (Å²) in [5.74, 6) is -0.308. The largest absolute Gasteiger partial charge is 0.465 e. The number of ether oxygens (including phenoxy) is 4. The summed E-state index contributed by atoms with van der Waals surface area (Å²) in [6.45, 7) is 11.6. The Labute approximate surface area is 326 Å². The van der Waals surface area contributed by atoms with E-state index in [1.54, 1.807) is 0 Å². The van der Waals surface area contributed by atoms with Gasteiger partial charge in [-0.2, -0.15) is 0 Å². The number of hydrogen-bond donors (Lipinski definition) is 0. The summed E-state index contributed by atoms with van der Waals surface area (Å²) in [5.41, 5.74) is 0. The molecule has 0 N–H and O–H groups in total. The highest BCUT2D eigenvalue weighted by Gasteiger charge is 2.34. The van der Waals surface area contributed by atoms with Crippen molar-refractivity contribution in [1.82, 2.24) is 4.90 Å². The van der Waals surface area contributed by atoms with Crippen LogP contribution >= 0.6 is 0 Å². The average Bonchev–Trinajstić information content (AvgIpc) is 3.15. The number of likely N-dealkylation sites (tertiary alicyclic amines) is 1. The fourth-order valence-corrected chi connectivity index (χ4v) is 7.28. The van der Waals surface area contributed by atoms with Crippen LogP contribution in [0.3, 0.4) is 0 Å². The Kier molecular flexibility index (Phi) is 32.4. The molecule has 0 amide bonds. The van der Waals surface area contributed by atoms with E-state index >= 15 is 0 Å². The van der Waals surface area contributed by atoms with Crippen LogP contribution in [0.2, 0.25) is 0 Å². The molecular weight excluding hydrogens is 666 g/mol. The molecule has 1 aliphatic heterocycles. The summed E-state index contributed by atoms with van der Waals surface area (Å²) in [4.78, 5) is 39.9. The molecule has 2 unspecified atom stereocenters. The lowest BCUT2D eigenvalue weighted by Crippen LogP contribution is -2.47. The number of carbonyl (C=O) groups excluding carboxylic acids is 3. The normalized spacial score (nSPS) is 16.4. The summed E-state index contributed by atoms with van der Waals surface area (Å²) < 4.78 is 23.6. The van der Waals surface area contributed by atoms with Crippen molar-refractivity contribution < 1.29 is 33.3 Å². The van der Waals surface area contributed by atoms with Crippen LogP contribution in [0, 0.1) is 5.92 Å². The summed E-state index contributed by atoms with van der Waals surface area (Å²) in [7, 11) is 2.10. The van der Waals surface area contributed by atoms with Crippen LogP contribution in [0.15, 0.2) is 0 Å². The zero-order chi connectivity index (χ0) is 38.8. The van der Waals surface area contributed by atoms with Crippen molar-refractivity contribution in [2.45, 2.75) is 232 Å². The van der Waals surface area contributed by atoms with Gasteiger partial charge in [0.15, 0.2) is 0 Å². The standard InChI is InChI=1S/C45H85NO7/c1-6-10-28-39(29-11-7-2)52-43(47)32-24-20-16-14-18-22-26-36-50-42-38-46(5)35-34-41(42)45(49)51-37-27-23-19-15-17-21-25-33-44(48)53-40(30-12-8-3)31-13-9-4/h39-42H,6-38H2,1-5H3. The Balaban J connectivity index is 2.10. The lowest BCUT2D eigenvalue weighted by Gasteiger charge is -2.35. The molecule has 1 aliphatic rings. The highest BCUT2D eigenvalue weighted by Crippen LogP contribution is 2.23. The Hall–Kier alpha value is -1.67. The van der Waals surface area contributed by atoms with Gasteiger partial charge in [0.05, 0.1) is 18.6 Å². The van der Waals surface area contributed by atoms with E-state index in [9.17, 15) is 14.4 Å². The number of unbranched alkanes of at least 4 members (excludes halogenated alkanes) is 16. The SMILES string of the molecule is CCCCC(CCCC)OC(=O)CCCCCCCCCOC(=O)C1CCN(C)CC1OCCCCCCCCCC(=O)OC(CCCC)CCCC. The monoisotopic (exact) mass is 752 g/mol. The maximum absolute atomic E-state index is 13.0. The van der Waals surface area contributed by atoms with Gasteiger partial charge in [-0.1, -0.05) is 143 Å². The molecule has 8 nitrogen and oxygen atoms in total. The molecule has 53 heavy (non-hydrogen) atoms. The zero-order valence-electron chi connectivity index (χ0n) is 35.4. The predicted molar refractivity (Wildman–Crippen MR) is 218 cm³/mol. The number of nitrogens with zero attached hydrogens (tertiary/aromatic N) is 1. The van der Waals surface area contributed by atoms with Crippen molar-refractivity contribution in [2.75, 3.05) is 33.4 Å². The molecule has 0 saturated carbocycles. The number of piperidine rings is 1. The van der Waals surface area contributed by atoms with Crippen molar-refractivity contribution in [2.24, 2.45) is 5.92 Å². The van der Waals surface area contributed by atoms with E-state index in [2.05, 4.69) is 39.6 Å². The Morgan fingerprint density at radius 3 is 1.38 bits per heavy atom. The third-order valence-electron chi connectivity index (χ3n) is 10.8. The molecule has 1 fully saturated rings. The first-order valence-corrected chi connectivity index (χ1v) is 22.7. The molecule has 8 heteroatoms. The minimum atomic E-state index is -0.174. The van der Waals surface area contributed by atoms with Crippen LogP contribution in [0.25, 0.3) is 0 Å². The summed E-state index contributed by atoms with van der Waals surface area (Å²) in [5, 5.41) is 0. The molecule has 0 aromatic heterocycles. The minimum Gasteiger partial charge on any atom is -0.465 e. The van der Waals surface area contributed by atoms with E-state index < -0.39 is 0 Å². The molecule has 0 aromatic carbocycles. The van der Waals surface area contributed by atoms with Crippen LogP contribution in [0.5, 0.6) is 0 Å². The van der Waals surface area contributed by atoms with Gasteiger partial charge in [0.2, 0.25) is 0 Å². The molecule has 0 bridgehead atoms. The second kappa shape index (κ2) is 34.8. The molecule has 312 valence electrons. The summed E-state index contributed by atoms with van der Waals surface area (Å²) >= 11 is 0. The van der Waals surface area contributed by atoms with Gasteiger partial charge in [0.25, 0.3) is 0 Å². The smallest absolute Gasteiger partial charge is 0.311 e. The van der Waals surface area contributed by atoms with Crippen molar-refractivity contribution in [3.05, 3.63) is 0 Å². The second-order valence-corrected chi connectivity index (χ2v) is 16.0. The number of esters is 3. The molecule has 0 aliphatic carbocycles. The van der Waals surface area contributed by atoms with Gasteiger partial charge < -0.3 is 23.8 Å². The van der Waals surface area contributed by atoms with Gasteiger partial charge in [0.1, 0.15) is 12.2 Å². The third-order valence-corrected chi connectivity index (χ3v) is 10.8. The summed E-state index contributed by atoms with van der Waals surface area (Å²) in [6.07, 6.45) is 30.0. The highest BCUT2D eigenvalue weighted by atomic mass is 16.6. The quantitative estimate of drug-likeness (QED) is 0.0355. The van der Waals surface area contributed by atoms with Crippen molar-refractivity contribution in [3.63, 3.8) is 0 Å². The molecule has 2 atom stereocenters. The third kappa shape index (κ3) is 27.5. The van der Waals surface area contributed by atoms with Crippen molar-refractivity contribution >= 4 is 17.9 Å². The first kappa shape index (κ1) is 49.3. The lowest BCUT2D eigenvalue weighted by molar-refractivity contribution is -0.158. The minimum absolute atomic E-state index is 0.0155. The van der Waals surface area contributed by atoms with Gasteiger partial charge in [-0.05, 0) is 71.4 Å². The van der Waals surface area contributed by atoms with Crippen molar-refractivity contribution in [1.29, 1.82) is 0 Å². The van der Waals surface area contributed by atoms with Crippen LogP contribution in [0.4, 0.5) is 0 Å². The Morgan fingerprint density at radius 2 is 0.943 bits per heavy atom. The van der Waals surface area contributed by atoms with E-state index in [1.807, 2.05) is 0 Å². The highest BCUT2D eigenvalue weighted by molar-refractivity contribution is 5.73. The predicted octanol–water partition coefficient (Wildman–Crippen LogP) is 11.7. The zero-order valence-corrected chi connectivity index (χ0v) is 35.4. The second-order valence-electron chi connectivity index (χ2n) is 16.0. The molecule has 1 saturated heterocycles. The lowest BCUT2D eigenvalue weighted by atomic mass is 9.94. The van der Waals surface area contributed by atoms with E-state index in [0.717, 1.165) is 174 Å². The first-order chi connectivity index (χ1) is 25.8. The van der Waals surface area contributed by atoms with E-state index in [-0.39, 0.29) is 42.1 Å². The van der Waals surface area contributed by atoms with E-state index in [0.29, 0.717) is 26.1 Å². The molecule has 1 heterocycles. The maximum atomic E-state index is 13.0. The van der Waals surface area contributed by atoms with Crippen LogP contribution in [-0.4, -0.2) is 74.5 Å². The van der Waals surface area contributed by atoms with Crippen LogP contribution < -0.4 is 0 Å². The number of likely N-dealkylation sites (N-methyl/N-ethyl adjacent to an activating group) is 1. The molecular formula is C45H85NO7. The van der Waals surface area contributed by atoms with Crippen LogP contribution in [-0.2, 0) is 33.3 Å². The van der Waals surface area contributed by atoms with Gasteiger partial charge in [-0.3, -0.25) is 14.4 Å². The van der Waals surface area contributed by atoms with E-state index in [1.165, 1.54) is 12.8 Å². The fourth-order valence-electron chi connectivity index (χ4n) is 7.28. The molecule has 1 rings (SSSR count). The fraction of sp³-hybridized carbons (Fsp3) is 0.933. The Bertz CT molecular complexity index is 867. The van der Waals surface area contributed by atoms with Gasteiger partial charge in [0, 0.05) is 26.0 Å². The number of carbonyl (C=O) groups is 3. The van der Waals surface area contributed by atoms with Gasteiger partial charge in [-0.15, -0.1) is 0 Å². The molecule has 0 radical (unpaired) electrons. The first-order valence-electron chi connectivity index (χ1n) is 22.7. The number of rotatable bonds is 36. The topological polar surface area (TPSA) is 91.4 Å². The average molecular weight is 752 g/mol. The Morgan fingerprint density at radius 1 is 0.547 bits per heavy atom. The van der Waals surface area contributed by atoms with Crippen LogP contribution in [0.1, 0.15) is 214 Å². The van der Waals surface area contributed by atoms with Crippen molar-refractivity contribution in [3.8, 4) is 0 Å². The van der Waals surface area contributed by atoms with Gasteiger partial charge >= 0.3 is 17.9 Å². The molecule has 0 aromatic rings. The maximum Gasteiger partial charge on any atom is 0.311 e. The summed E-state index contributed by atoms with van der Waals surface area (Å²) in [6, 6.07) is 0. The van der Waals surface area contributed by atoms with E-state index in [4.69, 9.17) is 18.9 Å². The number of hydrogen-bond acceptors (Lipinski definition) is 8. The van der Waals surface area contributed by atoms with Gasteiger partial charge in [-0.25, -0.2) is 0 Å². The molecule has 0 spiro atoms.